The van der Waals surface area contributed by atoms with E-state index in [1.807, 2.05) is 0 Å². The fourth-order valence-corrected chi connectivity index (χ4v) is 3.96. The van der Waals surface area contributed by atoms with Crippen LogP contribution in [0.15, 0.2) is 29.3 Å². The second kappa shape index (κ2) is 10.7. The number of ether oxygens (including phenoxy) is 1. The zero-order chi connectivity index (χ0) is 21.4. The lowest BCUT2D eigenvalue weighted by molar-refractivity contribution is -0.384. The van der Waals surface area contributed by atoms with Crippen LogP contribution < -0.4 is 10.6 Å². The van der Waals surface area contributed by atoms with E-state index in [4.69, 9.17) is 9.73 Å². The number of piperidine rings is 1. The maximum Gasteiger partial charge on any atom is 0.269 e. The zero-order valence-electron chi connectivity index (χ0n) is 18.2. The van der Waals surface area contributed by atoms with Crippen molar-refractivity contribution in [3.05, 3.63) is 39.9 Å². The molecular formula is C22H35N5O3. The number of nitrogens with one attached hydrogen (secondary N) is 2. The van der Waals surface area contributed by atoms with Crippen LogP contribution in [0.2, 0.25) is 0 Å². The van der Waals surface area contributed by atoms with Crippen LogP contribution in [-0.4, -0.2) is 60.7 Å². The lowest BCUT2D eigenvalue weighted by atomic mass is 9.98. The van der Waals surface area contributed by atoms with Gasteiger partial charge < -0.3 is 15.4 Å². The van der Waals surface area contributed by atoms with Gasteiger partial charge in [-0.3, -0.25) is 15.0 Å². The normalized spacial score (nSPS) is 20.9. The summed E-state index contributed by atoms with van der Waals surface area (Å²) in [6, 6.07) is 6.59. The van der Waals surface area contributed by atoms with E-state index in [1.54, 1.807) is 12.1 Å². The van der Waals surface area contributed by atoms with Crippen molar-refractivity contribution >= 4 is 11.6 Å². The number of hydrogen-bond acceptors (Lipinski definition) is 5. The monoisotopic (exact) mass is 417 g/mol. The van der Waals surface area contributed by atoms with Crippen LogP contribution in [0.5, 0.6) is 0 Å². The van der Waals surface area contributed by atoms with Crippen molar-refractivity contribution in [2.24, 2.45) is 10.9 Å². The first-order valence-electron chi connectivity index (χ1n) is 11.0. The van der Waals surface area contributed by atoms with Crippen molar-refractivity contribution in [1.29, 1.82) is 0 Å². The first kappa shape index (κ1) is 22.5. The maximum atomic E-state index is 10.8. The third kappa shape index (κ3) is 6.67. The van der Waals surface area contributed by atoms with Gasteiger partial charge in [-0.2, -0.15) is 0 Å². The number of rotatable bonds is 8. The van der Waals surface area contributed by atoms with Gasteiger partial charge in [0.25, 0.3) is 5.69 Å². The Kier molecular flexibility index (Phi) is 8.04. The molecule has 8 nitrogen and oxygen atoms in total. The van der Waals surface area contributed by atoms with E-state index < -0.39 is 0 Å². The Bertz CT molecular complexity index is 708. The number of likely N-dealkylation sites (tertiary alicyclic amines) is 1. The summed E-state index contributed by atoms with van der Waals surface area (Å²) in [5, 5.41) is 17.8. The summed E-state index contributed by atoms with van der Waals surface area (Å²) in [7, 11) is 0. The van der Waals surface area contributed by atoms with Gasteiger partial charge in [0.1, 0.15) is 0 Å². The number of nitro benzene ring substituents is 1. The molecule has 2 saturated heterocycles. The van der Waals surface area contributed by atoms with Gasteiger partial charge in [-0.25, -0.2) is 4.99 Å². The Morgan fingerprint density at radius 1 is 1.23 bits per heavy atom. The van der Waals surface area contributed by atoms with E-state index in [2.05, 4.69) is 29.4 Å². The fourth-order valence-electron chi connectivity index (χ4n) is 3.96. The zero-order valence-corrected chi connectivity index (χ0v) is 18.2. The molecule has 2 fully saturated rings. The second-order valence-corrected chi connectivity index (χ2v) is 8.91. The van der Waals surface area contributed by atoms with Crippen molar-refractivity contribution in [3.63, 3.8) is 0 Å². The molecule has 1 unspecified atom stereocenters. The van der Waals surface area contributed by atoms with E-state index in [9.17, 15) is 10.1 Å². The summed E-state index contributed by atoms with van der Waals surface area (Å²) in [6.07, 6.45) is 4.93. The number of non-ortho nitro benzene ring substituents is 1. The van der Waals surface area contributed by atoms with Gasteiger partial charge in [-0.1, -0.05) is 18.6 Å². The Morgan fingerprint density at radius 3 is 2.60 bits per heavy atom. The first-order chi connectivity index (χ1) is 14.4. The molecule has 1 aromatic rings. The highest BCUT2D eigenvalue weighted by atomic mass is 16.6. The second-order valence-electron chi connectivity index (χ2n) is 8.91. The standard InChI is InChI=1S/C22H35N5O3/c1-22(2,26-11-4-3-5-12-26)17-25-21(24-15-19-10-13-30-16-19)23-14-18-6-8-20(9-7-18)27(28)29/h6-9,19H,3-5,10-17H2,1-2H3,(H2,23,24,25). The quantitative estimate of drug-likeness (QED) is 0.292. The molecule has 2 heterocycles. The van der Waals surface area contributed by atoms with Gasteiger partial charge in [0.15, 0.2) is 5.96 Å². The summed E-state index contributed by atoms with van der Waals surface area (Å²) in [6.45, 7) is 10.6. The number of benzene rings is 1. The van der Waals surface area contributed by atoms with Gasteiger partial charge in [-0.05, 0) is 51.8 Å². The molecule has 8 heteroatoms. The minimum Gasteiger partial charge on any atom is -0.381 e. The van der Waals surface area contributed by atoms with Gasteiger partial charge in [0, 0.05) is 43.3 Å². The van der Waals surface area contributed by atoms with Gasteiger partial charge in [0.05, 0.1) is 18.1 Å². The minimum atomic E-state index is -0.381. The third-order valence-electron chi connectivity index (χ3n) is 6.05. The van der Waals surface area contributed by atoms with Gasteiger partial charge in [-0.15, -0.1) is 0 Å². The molecule has 0 saturated carbocycles. The van der Waals surface area contributed by atoms with Crippen LogP contribution in [0.4, 0.5) is 5.69 Å². The molecule has 2 aliphatic rings. The molecular weight excluding hydrogens is 382 g/mol. The van der Waals surface area contributed by atoms with Crippen LogP contribution in [0.1, 0.15) is 45.1 Å². The Hall–Kier alpha value is -2.19. The lowest BCUT2D eigenvalue weighted by Crippen LogP contribution is -2.55. The molecule has 30 heavy (non-hydrogen) atoms. The van der Waals surface area contributed by atoms with Crippen molar-refractivity contribution in [1.82, 2.24) is 15.5 Å². The highest BCUT2D eigenvalue weighted by Crippen LogP contribution is 2.20. The van der Waals surface area contributed by atoms with E-state index in [0.717, 1.165) is 57.3 Å². The van der Waals surface area contributed by atoms with Crippen LogP contribution in [0.25, 0.3) is 0 Å². The van der Waals surface area contributed by atoms with Crippen LogP contribution in [0, 0.1) is 16.0 Å². The molecule has 0 radical (unpaired) electrons. The topological polar surface area (TPSA) is 92.0 Å². The minimum absolute atomic E-state index is 0.0483. The van der Waals surface area contributed by atoms with Crippen molar-refractivity contribution in [2.45, 2.75) is 51.6 Å². The molecule has 2 aliphatic heterocycles. The third-order valence-corrected chi connectivity index (χ3v) is 6.05. The number of nitro groups is 1. The number of hydrogen-bond donors (Lipinski definition) is 2. The highest BCUT2D eigenvalue weighted by molar-refractivity contribution is 5.79. The number of guanidine groups is 1. The fraction of sp³-hybridized carbons (Fsp3) is 0.682. The molecule has 166 valence electrons. The first-order valence-corrected chi connectivity index (χ1v) is 11.0. The molecule has 1 aromatic carbocycles. The van der Waals surface area contributed by atoms with Crippen molar-refractivity contribution in [3.8, 4) is 0 Å². The van der Waals surface area contributed by atoms with E-state index in [1.165, 1.54) is 31.4 Å². The predicted octanol–water partition coefficient (Wildman–Crippen LogP) is 2.93. The van der Waals surface area contributed by atoms with E-state index in [0.29, 0.717) is 12.5 Å². The Labute approximate surface area is 179 Å². The van der Waals surface area contributed by atoms with E-state index in [-0.39, 0.29) is 16.1 Å². The van der Waals surface area contributed by atoms with Crippen LogP contribution in [-0.2, 0) is 11.3 Å². The van der Waals surface area contributed by atoms with Crippen LogP contribution in [0.3, 0.4) is 0 Å². The molecule has 0 aliphatic carbocycles. The Morgan fingerprint density at radius 2 is 1.97 bits per heavy atom. The summed E-state index contributed by atoms with van der Waals surface area (Å²) in [5.41, 5.74) is 1.09. The Balaban J connectivity index is 1.60. The lowest BCUT2D eigenvalue weighted by Gasteiger charge is -2.41. The molecule has 0 aromatic heterocycles. The summed E-state index contributed by atoms with van der Waals surface area (Å²) in [5.74, 6) is 1.29. The van der Waals surface area contributed by atoms with Crippen molar-refractivity contribution < 1.29 is 9.66 Å². The van der Waals surface area contributed by atoms with Crippen molar-refractivity contribution in [2.75, 3.05) is 39.4 Å². The highest BCUT2D eigenvalue weighted by Gasteiger charge is 2.28. The number of nitrogens with zero attached hydrogens (tertiary/aromatic N) is 3. The maximum absolute atomic E-state index is 10.8. The molecule has 1 atom stereocenters. The average Bonchev–Trinajstić information content (AvgIpc) is 3.28. The van der Waals surface area contributed by atoms with Crippen LogP contribution >= 0.6 is 0 Å². The van der Waals surface area contributed by atoms with Gasteiger partial charge in [0.2, 0.25) is 0 Å². The molecule has 0 bridgehead atoms. The smallest absolute Gasteiger partial charge is 0.269 e. The average molecular weight is 418 g/mol. The molecule has 0 spiro atoms. The summed E-state index contributed by atoms with van der Waals surface area (Å²) in [4.78, 5) is 17.8. The SMILES string of the molecule is CC(C)(CNC(=NCc1ccc([N+](=O)[O-])cc1)NCC1CCOC1)N1CCCCC1. The molecule has 2 N–H and O–H groups in total. The predicted molar refractivity (Wildman–Crippen MR) is 119 cm³/mol. The number of aliphatic imine (C=N–C) groups is 1. The van der Waals surface area contributed by atoms with E-state index >= 15 is 0 Å². The summed E-state index contributed by atoms with van der Waals surface area (Å²) < 4.78 is 5.48. The summed E-state index contributed by atoms with van der Waals surface area (Å²) >= 11 is 0. The largest absolute Gasteiger partial charge is 0.381 e. The molecule has 3 rings (SSSR count). The molecule has 0 amide bonds. The van der Waals surface area contributed by atoms with Gasteiger partial charge >= 0.3 is 0 Å².